The van der Waals surface area contributed by atoms with E-state index in [1.807, 2.05) is 19.1 Å². The molecule has 0 N–H and O–H groups in total. The van der Waals surface area contributed by atoms with E-state index in [0.717, 1.165) is 35.7 Å². The van der Waals surface area contributed by atoms with Gasteiger partial charge in [-0.1, -0.05) is 30.2 Å². The topological polar surface area (TPSA) is 34.1 Å². The summed E-state index contributed by atoms with van der Waals surface area (Å²) in [6.45, 7) is 1.87. The fourth-order valence-electron chi connectivity index (χ4n) is 3.37. The molecular formula is C18H20ClO2PS. The van der Waals surface area contributed by atoms with Crippen LogP contribution in [0.15, 0.2) is 47.4 Å². The zero-order valence-corrected chi connectivity index (χ0v) is 15.8. The van der Waals surface area contributed by atoms with Gasteiger partial charge in [-0.05, 0) is 72.9 Å². The van der Waals surface area contributed by atoms with Crippen molar-refractivity contribution in [2.75, 3.05) is 0 Å². The van der Waals surface area contributed by atoms with Crippen LogP contribution in [-0.2, 0) is 21.0 Å². The summed E-state index contributed by atoms with van der Waals surface area (Å²) in [6, 6.07) is 12.6. The molecule has 0 aromatic heterocycles. The highest BCUT2D eigenvalue weighted by atomic mass is 35.5. The molecule has 1 aliphatic carbocycles. The van der Waals surface area contributed by atoms with Crippen molar-refractivity contribution in [3.05, 3.63) is 58.6 Å². The number of hydrogen-bond donors (Lipinski definition) is 0. The Hall–Kier alpha value is -0.890. The first-order chi connectivity index (χ1) is 10.8. The Morgan fingerprint density at radius 2 is 1.78 bits per heavy atom. The Bertz CT molecular complexity index is 831. The van der Waals surface area contributed by atoms with Crippen LogP contribution >= 0.6 is 20.8 Å². The molecule has 2 aromatic rings. The predicted molar refractivity (Wildman–Crippen MR) is 99.3 cm³/mol. The Balaban J connectivity index is 2.21. The van der Waals surface area contributed by atoms with E-state index in [1.165, 1.54) is 0 Å². The van der Waals surface area contributed by atoms with Crippen LogP contribution in [0.3, 0.4) is 0 Å². The van der Waals surface area contributed by atoms with E-state index in [1.54, 1.807) is 24.3 Å². The summed E-state index contributed by atoms with van der Waals surface area (Å²) in [4.78, 5) is 0.339. The molecule has 0 radical (unpaired) electrons. The lowest BCUT2D eigenvalue weighted by atomic mass is 9.93. The molecule has 1 aliphatic rings. The first kappa shape index (κ1) is 17.0. The number of rotatable bonds is 2. The summed E-state index contributed by atoms with van der Waals surface area (Å²) in [5, 5.41) is 1.56. The maximum Gasteiger partial charge on any atom is 0.187 e. The van der Waals surface area contributed by atoms with Gasteiger partial charge in [0, 0.05) is 5.02 Å². The monoisotopic (exact) mass is 366 g/mol. The van der Waals surface area contributed by atoms with Crippen LogP contribution in [0.4, 0.5) is 0 Å². The highest BCUT2D eigenvalue weighted by Crippen LogP contribution is 2.43. The highest BCUT2D eigenvalue weighted by molar-refractivity contribution is 7.92. The van der Waals surface area contributed by atoms with E-state index in [2.05, 4.69) is 15.3 Å². The summed E-state index contributed by atoms with van der Waals surface area (Å²) in [7, 11) is -0.830. The minimum absolute atomic E-state index is 0.339. The molecule has 0 spiro atoms. The summed E-state index contributed by atoms with van der Waals surface area (Å²) in [6.07, 6.45) is 3.50. The Morgan fingerprint density at radius 3 is 2.48 bits per heavy atom. The number of benzene rings is 2. The van der Waals surface area contributed by atoms with Crippen LogP contribution < -0.4 is 5.30 Å². The second-order valence-corrected chi connectivity index (χ2v) is 9.79. The van der Waals surface area contributed by atoms with Gasteiger partial charge in [0.1, 0.15) is 0 Å². The van der Waals surface area contributed by atoms with Crippen molar-refractivity contribution in [2.45, 2.75) is 42.2 Å². The van der Waals surface area contributed by atoms with Gasteiger partial charge in [-0.15, -0.1) is 9.24 Å². The molecule has 0 aliphatic heterocycles. The van der Waals surface area contributed by atoms with E-state index < -0.39 is 14.6 Å². The van der Waals surface area contributed by atoms with Crippen LogP contribution in [0.5, 0.6) is 0 Å². The number of fused-ring (bicyclic) bond motifs is 1. The third-order valence-corrected chi connectivity index (χ3v) is 7.88. The van der Waals surface area contributed by atoms with E-state index in [0.29, 0.717) is 16.3 Å². The van der Waals surface area contributed by atoms with Crippen molar-refractivity contribution < 1.29 is 8.42 Å². The van der Waals surface area contributed by atoms with Crippen LogP contribution in [0, 0.1) is 0 Å². The van der Waals surface area contributed by atoms with Crippen LogP contribution in [0.25, 0.3) is 0 Å². The molecule has 0 amide bonds. The van der Waals surface area contributed by atoms with Crippen molar-refractivity contribution in [3.63, 3.8) is 0 Å². The normalized spacial score (nSPS) is 21.5. The van der Waals surface area contributed by atoms with Crippen LogP contribution in [0.2, 0.25) is 5.02 Å². The quantitative estimate of drug-likeness (QED) is 0.588. The summed E-state index contributed by atoms with van der Waals surface area (Å²) in [5.74, 6) is 0. The van der Waals surface area contributed by atoms with Gasteiger partial charge >= 0.3 is 0 Å². The molecule has 2 atom stereocenters. The van der Waals surface area contributed by atoms with Gasteiger partial charge in [0.2, 0.25) is 0 Å². The first-order valence-corrected chi connectivity index (χ1v) is 10.2. The van der Waals surface area contributed by atoms with Crippen molar-refractivity contribution >= 4 is 36.0 Å². The largest absolute Gasteiger partial charge is 0.223 e. The molecule has 0 saturated carbocycles. The Morgan fingerprint density at radius 1 is 1.09 bits per heavy atom. The van der Waals surface area contributed by atoms with Gasteiger partial charge in [0.25, 0.3) is 0 Å². The lowest BCUT2D eigenvalue weighted by Gasteiger charge is -2.30. The van der Waals surface area contributed by atoms with E-state index in [9.17, 15) is 8.42 Å². The second-order valence-electron chi connectivity index (χ2n) is 6.31. The number of hydrogen-bond acceptors (Lipinski definition) is 2. The van der Waals surface area contributed by atoms with E-state index in [-0.39, 0.29) is 0 Å². The van der Waals surface area contributed by atoms with Gasteiger partial charge in [-0.25, -0.2) is 8.42 Å². The Labute approximate surface area is 145 Å². The average Bonchev–Trinajstić information content (AvgIpc) is 2.68. The van der Waals surface area contributed by atoms with Crippen molar-refractivity contribution in [1.82, 2.24) is 0 Å². The summed E-state index contributed by atoms with van der Waals surface area (Å²) in [5.41, 5.74) is 2.09. The lowest BCUT2D eigenvalue weighted by Crippen LogP contribution is -2.33. The number of halogens is 1. The van der Waals surface area contributed by atoms with Crippen LogP contribution in [0.1, 0.15) is 37.3 Å². The maximum atomic E-state index is 13.4. The fraction of sp³-hybridized carbons (Fsp3) is 0.333. The van der Waals surface area contributed by atoms with Gasteiger partial charge in [-0.3, -0.25) is 0 Å². The lowest BCUT2D eigenvalue weighted by molar-refractivity contribution is 0.508. The maximum absolute atomic E-state index is 13.4. The molecule has 2 aromatic carbocycles. The molecule has 2 nitrogen and oxygen atoms in total. The SMILES string of the molecule is CC1(S(=O)(=O)c2ccc(Cl)cc2)CCCCc2ccc(P)cc21. The number of sulfone groups is 1. The zero-order chi connectivity index (χ0) is 16.7. The highest BCUT2D eigenvalue weighted by Gasteiger charge is 2.43. The molecule has 3 rings (SSSR count). The van der Waals surface area contributed by atoms with Crippen molar-refractivity contribution in [3.8, 4) is 0 Å². The van der Waals surface area contributed by atoms with Gasteiger partial charge in [0.15, 0.2) is 9.84 Å². The standard InChI is InChI=1S/C18H20ClO2PS/c1-18(23(20,21)16-9-6-14(19)7-10-16)11-3-2-4-13-5-8-15(22)12-17(13)18/h5-10,12H,2-4,11,22H2,1H3. The van der Waals surface area contributed by atoms with Gasteiger partial charge in [-0.2, -0.15) is 0 Å². The molecule has 0 saturated heterocycles. The third-order valence-electron chi connectivity index (χ3n) is 4.77. The van der Waals surface area contributed by atoms with Gasteiger partial charge in [0.05, 0.1) is 9.64 Å². The smallest absolute Gasteiger partial charge is 0.187 e. The zero-order valence-electron chi connectivity index (χ0n) is 13.0. The van der Waals surface area contributed by atoms with Crippen molar-refractivity contribution in [1.29, 1.82) is 0 Å². The van der Waals surface area contributed by atoms with Gasteiger partial charge < -0.3 is 0 Å². The van der Waals surface area contributed by atoms with Crippen molar-refractivity contribution in [2.24, 2.45) is 0 Å². The summed E-state index contributed by atoms with van der Waals surface area (Å²) < 4.78 is 25.9. The molecule has 0 heterocycles. The molecule has 122 valence electrons. The van der Waals surface area contributed by atoms with Crippen LogP contribution in [-0.4, -0.2) is 8.42 Å². The fourth-order valence-corrected chi connectivity index (χ4v) is 5.67. The molecule has 0 fully saturated rings. The molecule has 5 heteroatoms. The minimum atomic E-state index is -3.50. The molecule has 23 heavy (non-hydrogen) atoms. The number of aryl methyl sites for hydroxylation is 1. The first-order valence-electron chi connectivity index (χ1n) is 7.74. The Kier molecular flexibility index (Phi) is 4.57. The molecular weight excluding hydrogens is 347 g/mol. The molecule has 2 unspecified atom stereocenters. The second kappa shape index (κ2) is 6.20. The predicted octanol–water partition coefficient (Wildman–Crippen LogP) is 4.26. The molecule has 0 bridgehead atoms. The summed E-state index contributed by atoms with van der Waals surface area (Å²) >= 11 is 5.91. The van der Waals surface area contributed by atoms with E-state index >= 15 is 0 Å². The average molecular weight is 367 g/mol. The minimum Gasteiger partial charge on any atom is -0.223 e. The third kappa shape index (κ3) is 2.95. The van der Waals surface area contributed by atoms with E-state index in [4.69, 9.17) is 11.6 Å².